The average molecular weight is 464 g/mol. The zero-order chi connectivity index (χ0) is 24.0. The van der Waals surface area contributed by atoms with E-state index in [2.05, 4.69) is 10.6 Å². The van der Waals surface area contributed by atoms with Gasteiger partial charge in [0.2, 0.25) is 5.91 Å². The van der Waals surface area contributed by atoms with E-state index in [1.54, 1.807) is 0 Å². The first-order chi connectivity index (χ1) is 16.6. The lowest BCUT2D eigenvalue weighted by Crippen LogP contribution is -2.40. The molecule has 34 heavy (non-hydrogen) atoms. The highest BCUT2D eigenvalue weighted by molar-refractivity contribution is 5.96. The normalized spacial score (nSPS) is 15.2. The van der Waals surface area contributed by atoms with Crippen molar-refractivity contribution in [2.75, 3.05) is 13.1 Å². The molecular weight excluding hydrogens is 426 g/mol. The summed E-state index contributed by atoms with van der Waals surface area (Å²) in [4.78, 5) is 38.2. The molecule has 4 amide bonds. The zero-order valence-electron chi connectivity index (χ0n) is 20.0. The van der Waals surface area contributed by atoms with Gasteiger partial charge in [0.15, 0.2) is 0 Å². The molecule has 0 saturated carbocycles. The summed E-state index contributed by atoms with van der Waals surface area (Å²) < 4.78 is 0. The van der Waals surface area contributed by atoms with Gasteiger partial charge in [-0.3, -0.25) is 14.5 Å². The number of carbonyl (C=O) groups is 3. The lowest BCUT2D eigenvalue weighted by Gasteiger charge is -2.21. The second-order valence-electron chi connectivity index (χ2n) is 8.99. The molecule has 2 N–H and O–H groups in total. The first kappa shape index (κ1) is 25.5. The van der Waals surface area contributed by atoms with Gasteiger partial charge in [0, 0.05) is 25.1 Å². The van der Waals surface area contributed by atoms with Crippen LogP contribution in [0.25, 0.3) is 0 Å². The summed E-state index contributed by atoms with van der Waals surface area (Å²) in [5, 5.41) is 5.79. The highest BCUT2D eigenvalue weighted by atomic mass is 16.2. The molecule has 1 aliphatic heterocycles. The van der Waals surface area contributed by atoms with E-state index in [0.29, 0.717) is 31.5 Å². The maximum Gasteiger partial charge on any atom is 0.324 e. The van der Waals surface area contributed by atoms with Gasteiger partial charge in [-0.1, -0.05) is 87.1 Å². The number of rotatable bonds is 14. The van der Waals surface area contributed by atoms with E-state index in [1.807, 2.05) is 60.7 Å². The first-order valence-electron chi connectivity index (χ1n) is 12.6. The van der Waals surface area contributed by atoms with Crippen LogP contribution in [0.5, 0.6) is 0 Å². The van der Waals surface area contributed by atoms with Crippen LogP contribution in [0.4, 0.5) is 4.79 Å². The van der Waals surface area contributed by atoms with E-state index >= 15 is 0 Å². The molecule has 1 heterocycles. The van der Waals surface area contributed by atoms with Gasteiger partial charge < -0.3 is 10.6 Å². The van der Waals surface area contributed by atoms with Gasteiger partial charge in [-0.25, -0.2) is 4.79 Å². The SMILES string of the molecule is O=C(NCCCCCCCCCCC(=O)N1C(=O)NCC1Cc1ccccc1)c1ccccc1. The number of unbranched alkanes of at least 4 members (excludes halogenated alkanes) is 7. The van der Waals surface area contributed by atoms with Crippen molar-refractivity contribution < 1.29 is 14.4 Å². The van der Waals surface area contributed by atoms with Crippen molar-refractivity contribution in [3.8, 4) is 0 Å². The highest BCUT2D eigenvalue weighted by Crippen LogP contribution is 2.17. The number of nitrogens with one attached hydrogen (secondary N) is 2. The van der Waals surface area contributed by atoms with Crippen LogP contribution in [-0.2, 0) is 11.2 Å². The Morgan fingerprint density at radius 1 is 0.824 bits per heavy atom. The van der Waals surface area contributed by atoms with Crippen LogP contribution in [-0.4, -0.2) is 41.9 Å². The Labute approximate surface area is 203 Å². The standard InChI is InChI=1S/C28H37N3O3/c32-26(31-25(22-30-28(31)34)21-23-15-9-7-10-16-23)19-13-5-3-1-2-4-6-14-20-29-27(33)24-17-11-8-12-18-24/h7-12,15-18,25H,1-6,13-14,19-22H2,(H,29,33)(H,30,34). The predicted octanol–water partition coefficient (Wildman–Crippen LogP) is 5.09. The lowest BCUT2D eigenvalue weighted by molar-refractivity contribution is -0.129. The number of nitrogens with zero attached hydrogens (tertiary/aromatic N) is 1. The molecular formula is C28H37N3O3. The minimum atomic E-state index is -0.258. The topological polar surface area (TPSA) is 78.5 Å². The van der Waals surface area contributed by atoms with E-state index in [4.69, 9.17) is 0 Å². The molecule has 2 aromatic rings. The third-order valence-corrected chi connectivity index (χ3v) is 6.29. The fourth-order valence-corrected chi connectivity index (χ4v) is 4.39. The summed E-state index contributed by atoms with van der Waals surface area (Å²) in [6, 6.07) is 18.9. The number of urea groups is 1. The zero-order valence-corrected chi connectivity index (χ0v) is 20.0. The molecule has 0 aromatic heterocycles. The molecule has 6 nitrogen and oxygen atoms in total. The van der Waals surface area contributed by atoms with Crippen LogP contribution < -0.4 is 10.6 Å². The Morgan fingerprint density at radius 2 is 1.41 bits per heavy atom. The third kappa shape index (κ3) is 8.32. The maximum absolute atomic E-state index is 12.7. The number of hydrogen-bond acceptors (Lipinski definition) is 3. The molecule has 3 rings (SSSR count). The van der Waals surface area contributed by atoms with Crippen LogP contribution in [0.3, 0.4) is 0 Å². The minimum absolute atomic E-state index is 0.00653. The number of carbonyl (C=O) groups excluding carboxylic acids is 3. The molecule has 1 aliphatic rings. The molecule has 1 saturated heterocycles. The smallest absolute Gasteiger partial charge is 0.324 e. The fraction of sp³-hybridized carbons (Fsp3) is 0.464. The van der Waals surface area contributed by atoms with E-state index in [-0.39, 0.29) is 23.9 Å². The Bertz CT molecular complexity index is 902. The summed E-state index contributed by atoms with van der Waals surface area (Å²) in [6.45, 7) is 1.24. The second-order valence-corrected chi connectivity index (χ2v) is 8.99. The Hall–Kier alpha value is -3.15. The average Bonchev–Trinajstić information content (AvgIpc) is 3.23. The third-order valence-electron chi connectivity index (χ3n) is 6.29. The maximum atomic E-state index is 12.7. The summed E-state index contributed by atoms with van der Waals surface area (Å²) in [6.07, 6.45) is 9.67. The van der Waals surface area contributed by atoms with Gasteiger partial charge in [0.25, 0.3) is 5.91 Å². The van der Waals surface area contributed by atoms with E-state index < -0.39 is 0 Å². The van der Waals surface area contributed by atoms with Crippen molar-refractivity contribution in [3.05, 3.63) is 71.8 Å². The van der Waals surface area contributed by atoms with Gasteiger partial charge in [0.1, 0.15) is 0 Å². The van der Waals surface area contributed by atoms with Gasteiger partial charge in [-0.2, -0.15) is 0 Å². The molecule has 2 aromatic carbocycles. The lowest BCUT2D eigenvalue weighted by atomic mass is 10.0. The van der Waals surface area contributed by atoms with Crippen LogP contribution in [0.1, 0.15) is 73.7 Å². The van der Waals surface area contributed by atoms with E-state index in [1.165, 1.54) is 11.3 Å². The number of hydrogen-bond donors (Lipinski definition) is 2. The highest BCUT2D eigenvalue weighted by Gasteiger charge is 2.35. The van der Waals surface area contributed by atoms with Crippen molar-refractivity contribution in [2.24, 2.45) is 0 Å². The van der Waals surface area contributed by atoms with Crippen LogP contribution in [0, 0.1) is 0 Å². The number of imide groups is 1. The largest absolute Gasteiger partial charge is 0.352 e. The van der Waals surface area contributed by atoms with Crippen molar-refractivity contribution in [1.29, 1.82) is 0 Å². The quantitative estimate of drug-likeness (QED) is 0.383. The molecule has 1 atom stereocenters. The van der Waals surface area contributed by atoms with Gasteiger partial charge in [0.05, 0.1) is 6.04 Å². The summed E-state index contributed by atoms with van der Waals surface area (Å²) in [5.74, 6) is -0.0681. The van der Waals surface area contributed by atoms with Gasteiger partial charge >= 0.3 is 6.03 Å². The molecule has 0 radical (unpaired) electrons. The molecule has 0 aliphatic carbocycles. The summed E-state index contributed by atoms with van der Waals surface area (Å²) >= 11 is 0. The monoisotopic (exact) mass is 463 g/mol. The Balaban J connectivity index is 1.19. The molecule has 1 fully saturated rings. The number of benzene rings is 2. The number of amides is 4. The molecule has 0 spiro atoms. The van der Waals surface area contributed by atoms with Crippen molar-refractivity contribution in [3.63, 3.8) is 0 Å². The van der Waals surface area contributed by atoms with Gasteiger partial charge in [-0.15, -0.1) is 0 Å². The molecule has 1 unspecified atom stereocenters. The predicted molar refractivity (Wildman–Crippen MR) is 135 cm³/mol. The van der Waals surface area contributed by atoms with Crippen LogP contribution >= 0.6 is 0 Å². The Kier molecular flexibility index (Phi) is 10.6. The van der Waals surface area contributed by atoms with Crippen LogP contribution in [0.2, 0.25) is 0 Å². The molecule has 6 heteroatoms. The van der Waals surface area contributed by atoms with E-state index in [9.17, 15) is 14.4 Å². The van der Waals surface area contributed by atoms with Crippen molar-refractivity contribution >= 4 is 17.8 Å². The molecule has 182 valence electrons. The minimum Gasteiger partial charge on any atom is -0.352 e. The first-order valence-corrected chi connectivity index (χ1v) is 12.6. The van der Waals surface area contributed by atoms with Crippen LogP contribution in [0.15, 0.2) is 60.7 Å². The second kappa shape index (κ2) is 14.2. The Morgan fingerprint density at radius 3 is 2.09 bits per heavy atom. The van der Waals surface area contributed by atoms with Crippen molar-refractivity contribution in [1.82, 2.24) is 15.5 Å². The van der Waals surface area contributed by atoms with Crippen molar-refractivity contribution in [2.45, 2.75) is 70.3 Å². The van der Waals surface area contributed by atoms with Gasteiger partial charge in [-0.05, 0) is 37.0 Å². The van der Waals surface area contributed by atoms with E-state index in [0.717, 1.165) is 50.5 Å². The summed E-state index contributed by atoms with van der Waals surface area (Å²) in [7, 11) is 0. The fourth-order valence-electron chi connectivity index (χ4n) is 4.39. The summed E-state index contributed by atoms with van der Waals surface area (Å²) in [5.41, 5.74) is 1.85. The molecule has 0 bridgehead atoms.